The molecule has 0 bridgehead atoms. The maximum absolute atomic E-state index is 11.9. The van der Waals surface area contributed by atoms with Crippen LogP contribution >= 0.6 is 11.8 Å². The van der Waals surface area contributed by atoms with E-state index < -0.39 is 0 Å². The molecule has 0 aromatic heterocycles. The van der Waals surface area contributed by atoms with E-state index >= 15 is 0 Å². The van der Waals surface area contributed by atoms with Crippen molar-refractivity contribution in [1.29, 1.82) is 0 Å². The Morgan fingerprint density at radius 2 is 1.80 bits per heavy atom. The zero-order valence-corrected chi connectivity index (χ0v) is 13.2. The summed E-state index contributed by atoms with van der Waals surface area (Å²) >= 11 is 1.47. The lowest BCUT2D eigenvalue weighted by molar-refractivity contribution is -0.126. The molecule has 0 aliphatic rings. The van der Waals surface area contributed by atoms with Crippen LogP contribution in [-0.2, 0) is 9.59 Å². The summed E-state index contributed by atoms with van der Waals surface area (Å²) in [4.78, 5) is 24.6. The maximum atomic E-state index is 11.9. The Hall–Kier alpha value is -1.49. The number of nitrogens with one attached hydrogen (secondary N) is 2. The number of carbonyl (C=O) groups is 2. The van der Waals surface area contributed by atoms with Crippen LogP contribution in [0.15, 0.2) is 35.2 Å². The standard InChI is InChI=1S/C15H22N2O2S/c1-11(20-12-8-6-5-7-9-12)14(19)16-10-13(18)17-15(2,3)4/h5-9,11H,10H2,1-4H3,(H,16,19)(H,17,18). The minimum Gasteiger partial charge on any atom is -0.350 e. The monoisotopic (exact) mass is 294 g/mol. The molecule has 2 amide bonds. The van der Waals surface area contributed by atoms with E-state index in [1.165, 1.54) is 11.8 Å². The van der Waals surface area contributed by atoms with Crippen LogP contribution in [0.2, 0.25) is 0 Å². The number of hydrogen-bond donors (Lipinski definition) is 2. The average molecular weight is 294 g/mol. The Morgan fingerprint density at radius 1 is 1.20 bits per heavy atom. The molecule has 0 aliphatic heterocycles. The molecule has 1 rings (SSSR count). The number of rotatable bonds is 5. The largest absolute Gasteiger partial charge is 0.350 e. The van der Waals surface area contributed by atoms with Crippen LogP contribution in [-0.4, -0.2) is 29.1 Å². The van der Waals surface area contributed by atoms with Crippen LogP contribution in [0.1, 0.15) is 27.7 Å². The molecule has 0 saturated carbocycles. The molecular formula is C15H22N2O2S. The van der Waals surface area contributed by atoms with Crippen LogP contribution < -0.4 is 10.6 Å². The Bertz CT molecular complexity index is 455. The van der Waals surface area contributed by atoms with E-state index in [1.54, 1.807) is 0 Å². The van der Waals surface area contributed by atoms with Crippen LogP contribution in [0, 0.1) is 0 Å². The Labute approximate surface area is 124 Å². The van der Waals surface area contributed by atoms with Crippen molar-refractivity contribution >= 4 is 23.6 Å². The second kappa shape index (κ2) is 7.33. The fourth-order valence-electron chi connectivity index (χ4n) is 1.53. The van der Waals surface area contributed by atoms with Gasteiger partial charge in [-0.3, -0.25) is 9.59 Å². The van der Waals surface area contributed by atoms with Crippen LogP contribution in [0.25, 0.3) is 0 Å². The average Bonchev–Trinajstić information content (AvgIpc) is 2.35. The van der Waals surface area contributed by atoms with Gasteiger partial charge in [-0.25, -0.2) is 0 Å². The van der Waals surface area contributed by atoms with E-state index in [4.69, 9.17) is 0 Å². The molecule has 110 valence electrons. The van der Waals surface area contributed by atoms with Gasteiger partial charge in [0.15, 0.2) is 0 Å². The molecule has 0 radical (unpaired) electrons. The summed E-state index contributed by atoms with van der Waals surface area (Å²) in [5.74, 6) is -0.314. The van der Waals surface area contributed by atoms with Crippen LogP contribution in [0.5, 0.6) is 0 Å². The molecule has 1 atom stereocenters. The highest BCUT2D eigenvalue weighted by molar-refractivity contribution is 8.00. The van der Waals surface area contributed by atoms with Gasteiger partial charge in [-0.05, 0) is 39.8 Å². The molecule has 0 aliphatic carbocycles. The fraction of sp³-hybridized carbons (Fsp3) is 0.467. The zero-order valence-electron chi connectivity index (χ0n) is 12.4. The predicted octanol–water partition coefficient (Wildman–Crippen LogP) is 2.20. The van der Waals surface area contributed by atoms with Gasteiger partial charge >= 0.3 is 0 Å². The molecule has 4 nitrogen and oxygen atoms in total. The molecule has 1 aromatic rings. The van der Waals surface area contributed by atoms with Gasteiger partial charge in [-0.2, -0.15) is 0 Å². The number of amides is 2. The van der Waals surface area contributed by atoms with E-state index in [-0.39, 0.29) is 29.1 Å². The summed E-state index contributed by atoms with van der Waals surface area (Å²) < 4.78 is 0. The minimum atomic E-state index is -0.286. The first-order valence-corrected chi connectivity index (χ1v) is 7.46. The van der Waals surface area contributed by atoms with Crippen molar-refractivity contribution in [2.75, 3.05) is 6.54 Å². The van der Waals surface area contributed by atoms with Gasteiger partial charge in [0.2, 0.25) is 11.8 Å². The van der Waals surface area contributed by atoms with Crippen molar-refractivity contribution in [3.05, 3.63) is 30.3 Å². The van der Waals surface area contributed by atoms with Crippen LogP contribution in [0.4, 0.5) is 0 Å². The Morgan fingerprint density at radius 3 is 2.35 bits per heavy atom. The fourth-order valence-corrected chi connectivity index (χ4v) is 2.44. The maximum Gasteiger partial charge on any atom is 0.239 e. The van der Waals surface area contributed by atoms with Gasteiger partial charge in [-0.15, -0.1) is 11.8 Å². The van der Waals surface area contributed by atoms with E-state index in [9.17, 15) is 9.59 Å². The smallest absolute Gasteiger partial charge is 0.239 e. The molecule has 0 saturated heterocycles. The molecule has 0 fully saturated rings. The van der Waals surface area contributed by atoms with Crippen molar-refractivity contribution in [3.8, 4) is 0 Å². The molecule has 2 N–H and O–H groups in total. The van der Waals surface area contributed by atoms with Gasteiger partial charge in [0, 0.05) is 10.4 Å². The highest BCUT2D eigenvalue weighted by Crippen LogP contribution is 2.22. The highest BCUT2D eigenvalue weighted by Gasteiger charge is 2.17. The Balaban J connectivity index is 2.37. The SMILES string of the molecule is CC(Sc1ccccc1)C(=O)NCC(=O)NC(C)(C)C. The first-order valence-electron chi connectivity index (χ1n) is 6.58. The van der Waals surface area contributed by atoms with E-state index in [1.807, 2.05) is 58.0 Å². The summed E-state index contributed by atoms with van der Waals surface area (Å²) in [5.41, 5.74) is -0.286. The number of hydrogen-bond acceptors (Lipinski definition) is 3. The second-order valence-electron chi connectivity index (χ2n) is 5.59. The van der Waals surface area contributed by atoms with E-state index in [2.05, 4.69) is 10.6 Å². The summed E-state index contributed by atoms with van der Waals surface area (Å²) in [7, 11) is 0. The molecule has 1 aromatic carbocycles. The summed E-state index contributed by atoms with van der Waals surface area (Å²) in [6.07, 6.45) is 0. The van der Waals surface area contributed by atoms with Gasteiger partial charge in [0.25, 0.3) is 0 Å². The molecule has 1 unspecified atom stereocenters. The highest BCUT2D eigenvalue weighted by atomic mass is 32.2. The third-order valence-corrected chi connectivity index (χ3v) is 3.47. The van der Waals surface area contributed by atoms with Gasteiger partial charge < -0.3 is 10.6 Å². The van der Waals surface area contributed by atoms with Crippen molar-refractivity contribution in [2.45, 2.75) is 43.4 Å². The first-order chi connectivity index (χ1) is 9.28. The molecule has 0 heterocycles. The lowest BCUT2D eigenvalue weighted by atomic mass is 10.1. The van der Waals surface area contributed by atoms with E-state index in [0.717, 1.165) is 4.90 Å². The number of benzene rings is 1. The quantitative estimate of drug-likeness (QED) is 0.819. The third-order valence-electron chi connectivity index (χ3n) is 2.36. The minimum absolute atomic E-state index is 0.00972. The zero-order chi connectivity index (χ0) is 15.2. The van der Waals surface area contributed by atoms with Crippen LogP contribution in [0.3, 0.4) is 0 Å². The number of thioether (sulfide) groups is 1. The second-order valence-corrected chi connectivity index (χ2v) is 7.00. The van der Waals surface area contributed by atoms with Gasteiger partial charge in [-0.1, -0.05) is 18.2 Å². The predicted molar refractivity (Wildman–Crippen MR) is 82.7 cm³/mol. The van der Waals surface area contributed by atoms with Crippen molar-refractivity contribution in [3.63, 3.8) is 0 Å². The van der Waals surface area contributed by atoms with E-state index in [0.29, 0.717) is 0 Å². The lowest BCUT2D eigenvalue weighted by Gasteiger charge is -2.21. The molecule has 20 heavy (non-hydrogen) atoms. The Kier molecular flexibility index (Phi) is 6.07. The summed E-state index contributed by atoms with van der Waals surface area (Å²) in [5, 5.41) is 5.22. The summed E-state index contributed by atoms with van der Waals surface area (Å²) in [6.45, 7) is 7.55. The summed E-state index contributed by atoms with van der Waals surface area (Å²) in [6, 6.07) is 9.72. The number of carbonyl (C=O) groups excluding carboxylic acids is 2. The molecule has 5 heteroatoms. The molecule has 0 spiro atoms. The normalized spacial score (nSPS) is 12.6. The third kappa shape index (κ3) is 6.61. The van der Waals surface area contributed by atoms with Crippen molar-refractivity contribution < 1.29 is 9.59 Å². The van der Waals surface area contributed by atoms with Crippen molar-refractivity contribution in [1.82, 2.24) is 10.6 Å². The van der Waals surface area contributed by atoms with Crippen molar-refractivity contribution in [2.24, 2.45) is 0 Å². The van der Waals surface area contributed by atoms with Gasteiger partial charge in [0.05, 0.1) is 11.8 Å². The topological polar surface area (TPSA) is 58.2 Å². The molecular weight excluding hydrogens is 272 g/mol. The first kappa shape index (κ1) is 16.6. The lowest BCUT2D eigenvalue weighted by Crippen LogP contribution is -2.46. The van der Waals surface area contributed by atoms with Gasteiger partial charge in [0.1, 0.15) is 0 Å².